The maximum Gasteiger partial charge on any atom is 0.251 e. The second kappa shape index (κ2) is 9.48. The van der Waals surface area contributed by atoms with Crippen molar-refractivity contribution in [2.45, 2.75) is 25.0 Å². The van der Waals surface area contributed by atoms with Gasteiger partial charge in [0.2, 0.25) is 0 Å². The van der Waals surface area contributed by atoms with Crippen molar-refractivity contribution in [2.75, 3.05) is 19.7 Å². The molecule has 2 atom stereocenters. The van der Waals surface area contributed by atoms with E-state index in [0.29, 0.717) is 24.6 Å². The molecular weight excluding hydrogens is 414 g/mol. The molecule has 1 aliphatic rings. The standard InChI is InChI=1S/C23H24ClN5O2/c1-29-21-11-16(4-6-18(21)13-27-29)15-3-5-17(20(24)10-15)9-19(12-25)28-23(30)22-14-26-7-2-8-31-22/h3-6,10-11,13,19,22,26H,2,7-9,14H2,1H3,(H,28,30)/t19-,22+/m1/s1. The van der Waals surface area contributed by atoms with E-state index >= 15 is 0 Å². The number of carbonyl (C=O) groups is 1. The van der Waals surface area contributed by atoms with Gasteiger partial charge in [-0.1, -0.05) is 35.9 Å². The monoisotopic (exact) mass is 437 g/mol. The molecule has 1 aromatic heterocycles. The van der Waals surface area contributed by atoms with Gasteiger partial charge in [-0.25, -0.2) is 0 Å². The SMILES string of the molecule is Cn1ncc2ccc(-c3ccc(C[C@H](C#N)NC(=O)[C@@H]4CNCCCO4)c(Cl)c3)cc21. The Morgan fingerprint density at radius 1 is 1.39 bits per heavy atom. The van der Waals surface area contributed by atoms with E-state index in [-0.39, 0.29) is 5.91 Å². The predicted octanol–water partition coefficient (Wildman–Crippen LogP) is 2.82. The summed E-state index contributed by atoms with van der Waals surface area (Å²) in [6.45, 7) is 1.79. The molecule has 160 valence electrons. The van der Waals surface area contributed by atoms with Crippen molar-refractivity contribution >= 4 is 28.4 Å². The number of aromatic nitrogens is 2. The number of amides is 1. The Morgan fingerprint density at radius 2 is 2.19 bits per heavy atom. The second-order valence-corrected chi connectivity index (χ2v) is 8.07. The maximum atomic E-state index is 12.5. The summed E-state index contributed by atoms with van der Waals surface area (Å²) >= 11 is 6.54. The normalized spacial score (nSPS) is 17.6. The number of fused-ring (bicyclic) bond motifs is 1. The zero-order chi connectivity index (χ0) is 21.8. The molecule has 0 bridgehead atoms. The van der Waals surface area contributed by atoms with Gasteiger partial charge in [0.15, 0.2) is 0 Å². The fourth-order valence-electron chi connectivity index (χ4n) is 3.71. The number of nitriles is 1. The highest BCUT2D eigenvalue weighted by molar-refractivity contribution is 6.31. The van der Waals surface area contributed by atoms with Crippen molar-refractivity contribution in [3.05, 3.63) is 53.2 Å². The number of ether oxygens (including phenoxy) is 1. The van der Waals surface area contributed by atoms with Crippen molar-refractivity contribution in [1.82, 2.24) is 20.4 Å². The molecule has 1 aliphatic heterocycles. The van der Waals surface area contributed by atoms with Crippen LogP contribution in [0, 0.1) is 11.3 Å². The van der Waals surface area contributed by atoms with E-state index in [9.17, 15) is 10.1 Å². The fraction of sp³-hybridized carbons (Fsp3) is 0.348. The molecule has 1 amide bonds. The Balaban J connectivity index is 1.47. The number of hydrogen-bond donors (Lipinski definition) is 2. The molecule has 0 spiro atoms. The van der Waals surface area contributed by atoms with E-state index in [1.54, 1.807) is 0 Å². The number of rotatable bonds is 5. The molecule has 0 radical (unpaired) electrons. The van der Waals surface area contributed by atoms with Crippen LogP contribution in [0.4, 0.5) is 0 Å². The van der Waals surface area contributed by atoms with Gasteiger partial charge in [-0.05, 0) is 41.8 Å². The van der Waals surface area contributed by atoms with Crippen LogP contribution < -0.4 is 10.6 Å². The van der Waals surface area contributed by atoms with Crippen molar-refractivity contribution in [1.29, 1.82) is 5.26 Å². The zero-order valence-electron chi connectivity index (χ0n) is 17.3. The van der Waals surface area contributed by atoms with Gasteiger partial charge in [-0.2, -0.15) is 10.4 Å². The Bertz CT molecular complexity index is 1130. The Hall–Kier alpha value is -2.92. The van der Waals surface area contributed by atoms with E-state index in [0.717, 1.165) is 40.6 Å². The summed E-state index contributed by atoms with van der Waals surface area (Å²) in [6.07, 6.45) is 2.43. The number of nitrogens with one attached hydrogen (secondary N) is 2. The average molecular weight is 438 g/mol. The first-order valence-corrected chi connectivity index (χ1v) is 10.7. The van der Waals surface area contributed by atoms with Gasteiger partial charge in [-0.15, -0.1) is 0 Å². The van der Waals surface area contributed by atoms with Crippen LogP contribution in [0.5, 0.6) is 0 Å². The lowest BCUT2D eigenvalue weighted by atomic mass is 10.00. The van der Waals surface area contributed by atoms with Gasteiger partial charge in [0, 0.05) is 37.0 Å². The molecule has 1 fully saturated rings. The van der Waals surface area contributed by atoms with Gasteiger partial charge in [0.25, 0.3) is 5.91 Å². The van der Waals surface area contributed by atoms with Gasteiger partial charge in [-0.3, -0.25) is 9.48 Å². The van der Waals surface area contributed by atoms with Crippen molar-refractivity contribution in [2.24, 2.45) is 7.05 Å². The zero-order valence-corrected chi connectivity index (χ0v) is 18.0. The fourth-order valence-corrected chi connectivity index (χ4v) is 3.97. The van der Waals surface area contributed by atoms with Crippen LogP contribution in [0.25, 0.3) is 22.0 Å². The first-order valence-electron chi connectivity index (χ1n) is 10.3. The minimum absolute atomic E-state index is 0.279. The number of aryl methyl sites for hydroxylation is 1. The van der Waals surface area contributed by atoms with Crippen LogP contribution >= 0.6 is 11.6 Å². The van der Waals surface area contributed by atoms with Crippen LogP contribution in [0.1, 0.15) is 12.0 Å². The summed E-state index contributed by atoms with van der Waals surface area (Å²) in [4.78, 5) is 12.5. The van der Waals surface area contributed by atoms with E-state index in [1.165, 1.54) is 0 Å². The maximum absolute atomic E-state index is 12.5. The highest BCUT2D eigenvalue weighted by atomic mass is 35.5. The van der Waals surface area contributed by atoms with Gasteiger partial charge in [0.05, 0.1) is 17.8 Å². The molecule has 2 N–H and O–H groups in total. The third-order valence-corrected chi connectivity index (χ3v) is 5.82. The lowest BCUT2D eigenvalue weighted by molar-refractivity contribution is -0.132. The lowest BCUT2D eigenvalue weighted by Gasteiger charge is -2.18. The number of carbonyl (C=O) groups excluding carboxylic acids is 1. The van der Waals surface area contributed by atoms with Crippen LogP contribution in [0.3, 0.4) is 0 Å². The van der Waals surface area contributed by atoms with Crippen molar-refractivity contribution < 1.29 is 9.53 Å². The smallest absolute Gasteiger partial charge is 0.251 e. The Labute approximate surface area is 185 Å². The summed E-state index contributed by atoms with van der Waals surface area (Å²) in [5, 5.41) is 21.4. The summed E-state index contributed by atoms with van der Waals surface area (Å²) in [7, 11) is 1.91. The molecule has 3 aromatic rings. The quantitative estimate of drug-likeness (QED) is 0.640. The number of nitrogens with zero attached hydrogens (tertiary/aromatic N) is 3. The lowest BCUT2D eigenvalue weighted by Crippen LogP contribution is -2.46. The molecule has 0 aliphatic carbocycles. The van der Waals surface area contributed by atoms with E-state index < -0.39 is 12.1 Å². The Morgan fingerprint density at radius 3 is 3.00 bits per heavy atom. The van der Waals surface area contributed by atoms with Crippen molar-refractivity contribution in [3.63, 3.8) is 0 Å². The number of benzene rings is 2. The van der Waals surface area contributed by atoms with Crippen LogP contribution in [0.2, 0.25) is 5.02 Å². The van der Waals surface area contributed by atoms with Gasteiger partial charge >= 0.3 is 0 Å². The number of hydrogen-bond acceptors (Lipinski definition) is 5. The van der Waals surface area contributed by atoms with Crippen LogP contribution in [-0.2, 0) is 23.0 Å². The summed E-state index contributed by atoms with van der Waals surface area (Å²) in [6, 6.07) is 13.4. The predicted molar refractivity (Wildman–Crippen MR) is 120 cm³/mol. The highest BCUT2D eigenvalue weighted by Gasteiger charge is 2.24. The molecule has 2 aromatic carbocycles. The summed E-state index contributed by atoms with van der Waals surface area (Å²) in [5.41, 5.74) is 3.86. The molecule has 0 unspecified atom stereocenters. The third-order valence-electron chi connectivity index (χ3n) is 5.47. The molecule has 0 saturated carbocycles. The van der Waals surface area contributed by atoms with Gasteiger partial charge in [0.1, 0.15) is 12.1 Å². The van der Waals surface area contributed by atoms with E-state index in [2.05, 4.69) is 27.9 Å². The minimum atomic E-state index is -0.687. The average Bonchev–Trinajstić information content (AvgIpc) is 2.97. The highest BCUT2D eigenvalue weighted by Crippen LogP contribution is 2.28. The summed E-state index contributed by atoms with van der Waals surface area (Å²) < 4.78 is 7.40. The molecule has 4 rings (SSSR count). The summed E-state index contributed by atoms with van der Waals surface area (Å²) in [5.74, 6) is -0.279. The second-order valence-electron chi connectivity index (χ2n) is 7.66. The molecule has 7 nitrogen and oxygen atoms in total. The largest absolute Gasteiger partial charge is 0.367 e. The topological polar surface area (TPSA) is 92.0 Å². The first kappa shape index (κ1) is 21.3. The van der Waals surface area contributed by atoms with E-state index in [4.69, 9.17) is 16.3 Å². The van der Waals surface area contributed by atoms with E-state index in [1.807, 2.05) is 48.3 Å². The van der Waals surface area contributed by atoms with Gasteiger partial charge < -0.3 is 15.4 Å². The molecule has 8 heteroatoms. The van der Waals surface area contributed by atoms with Crippen LogP contribution in [0.15, 0.2) is 42.6 Å². The van der Waals surface area contributed by atoms with Crippen molar-refractivity contribution in [3.8, 4) is 17.2 Å². The Kier molecular flexibility index (Phi) is 6.52. The minimum Gasteiger partial charge on any atom is -0.367 e. The molecular formula is C23H24ClN5O2. The molecule has 1 saturated heterocycles. The van der Waals surface area contributed by atoms with Crippen LogP contribution in [-0.4, -0.2) is 47.5 Å². The third kappa shape index (κ3) is 4.88. The molecule has 31 heavy (non-hydrogen) atoms. The molecule has 2 heterocycles. The first-order chi connectivity index (χ1) is 15.0. The number of halogens is 1.